The van der Waals surface area contributed by atoms with E-state index in [9.17, 15) is 4.79 Å². The first-order chi connectivity index (χ1) is 15.9. The molecule has 0 radical (unpaired) electrons. The van der Waals surface area contributed by atoms with Gasteiger partial charge in [-0.25, -0.2) is 4.79 Å². The number of halogens is 2. The minimum Gasteiger partial charge on any atom is -0.497 e. The second kappa shape index (κ2) is 12.3. The molecule has 0 aromatic heterocycles. The third-order valence-corrected chi connectivity index (χ3v) is 6.36. The average Bonchev–Trinajstić information content (AvgIpc) is 2.80. The van der Waals surface area contributed by atoms with Crippen LogP contribution in [0.15, 0.2) is 60.7 Å². The van der Waals surface area contributed by atoms with E-state index in [2.05, 4.69) is 50.5 Å². The van der Waals surface area contributed by atoms with Gasteiger partial charge in [-0.2, -0.15) is 0 Å². The van der Waals surface area contributed by atoms with Gasteiger partial charge in [0.05, 0.1) is 14.3 Å². The number of carbonyl (C=O) groups is 1. The van der Waals surface area contributed by atoms with Crippen molar-refractivity contribution in [2.75, 3.05) is 13.7 Å². The van der Waals surface area contributed by atoms with Crippen molar-refractivity contribution in [2.45, 2.75) is 19.1 Å². The van der Waals surface area contributed by atoms with Gasteiger partial charge in [-0.15, -0.1) is 0 Å². The van der Waals surface area contributed by atoms with Gasteiger partial charge in [0.1, 0.15) is 23.9 Å². The van der Waals surface area contributed by atoms with E-state index in [1.54, 1.807) is 7.11 Å². The molecule has 0 saturated heterocycles. The first kappa shape index (κ1) is 25.4. The van der Waals surface area contributed by atoms with E-state index in [1.165, 1.54) is 0 Å². The summed E-state index contributed by atoms with van der Waals surface area (Å²) < 4.78 is 19.0. The van der Waals surface area contributed by atoms with Gasteiger partial charge in [-0.1, -0.05) is 12.1 Å². The number of rotatable bonds is 10. The molecule has 0 bridgehead atoms. The molecule has 3 aromatic rings. The van der Waals surface area contributed by atoms with Gasteiger partial charge >= 0.3 is 6.09 Å². The van der Waals surface area contributed by atoms with Crippen LogP contribution in [0.25, 0.3) is 0 Å². The van der Waals surface area contributed by atoms with Gasteiger partial charge < -0.3 is 30.4 Å². The van der Waals surface area contributed by atoms with Gasteiger partial charge in [0.25, 0.3) is 0 Å². The Morgan fingerprint density at radius 3 is 2.09 bits per heavy atom. The van der Waals surface area contributed by atoms with Crippen molar-refractivity contribution in [2.24, 2.45) is 5.73 Å². The van der Waals surface area contributed by atoms with Gasteiger partial charge in [-0.05, 0) is 111 Å². The molecule has 0 aliphatic rings. The van der Waals surface area contributed by atoms with E-state index < -0.39 is 6.09 Å². The summed E-state index contributed by atoms with van der Waals surface area (Å²) in [6.07, 6.45) is -0.568. The molecule has 1 atom stereocenters. The molecule has 0 saturated carbocycles. The Bertz CT molecular complexity index is 1050. The predicted molar refractivity (Wildman–Crippen MR) is 143 cm³/mol. The largest absolute Gasteiger partial charge is 0.497 e. The minimum absolute atomic E-state index is 0.227. The van der Waals surface area contributed by atoms with Crippen LogP contribution in [-0.2, 0) is 13.0 Å². The fraction of sp³-hybridized carbons (Fsp3) is 0.208. The number of hydrogen-bond acceptors (Lipinski definition) is 5. The van der Waals surface area contributed by atoms with Crippen LogP contribution in [0.1, 0.15) is 11.1 Å². The summed E-state index contributed by atoms with van der Waals surface area (Å²) >= 11 is 4.45. The third kappa shape index (κ3) is 7.64. The summed E-state index contributed by atoms with van der Waals surface area (Å²) in [6.45, 7) is 0.687. The summed E-state index contributed by atoms with van der Waals surface area (Å²) in [5, 5.41) is 11.4. The molecule has 9 heteroatoms. The lowest BCUT2D eigenvalue weighted by atomic mass is 10.1. The summed E-state index contributed by atoms with van der Waals surface area (Å²) in [4.78, 5) is 10.9. The van der Waals surface area contributed by atoms with Crippen molar-refractivity contribution in [3.63, 3.8) is 0 Å². The first-order valence-electron chi connectivity index (χ1n) is 10.1. The molecule has 0 aliphatic heterocycles. The Kier molecular flexibility index (Phi) is 9.44. The molecule has 0 fully saturated rings. The van der Waals surface area contributed by atoms with Gasteiger partial charge in [0.2, 0.25) is 0 Å². The number of nitrogens with two attached hydrogens (primary N) is 1. The topological polar surface area (TPSA) is 103 Å². The molecule has 1 amide bonds. The third-order valence-electron chi connectivity index (χ3n) is 4.76. The summed E-state index contributed by atoms with van der Waals surface area (Å²) in [5.41, 5.74) is 7.73. The van der Waals surface area contributed by atoms with Crippen molar-refractivity contribution in [3.05, 3.63) is 78.9 Å². The van der Waals surface area contributed by atoms with Crippen LogP contribution in [0.5, 0.6) is 23.0 Å². The Labute approximate surface area is 219 Å². The highest BCUT2D eigenvalue weighted by molar-refractivity contribution is 14.1. The van der Waals surface area contributed by atoms with Crippen molar-refractivity contribution in [3.8, 4) is 23.0 Å². The Morgan fingerprint density at radius 2 is 1.55 bits per heavy atom. The molecule has 4 N–H and O–H groups in total. The molecule has 0 aliphatic carbocycles. The molecule has 3 rings (SSSR count). The van der Waals surface area contributed by atoms with E-state index in [0.29, 0.717) is 18.8 Å². The lowest BCUT2D eigenvalue weighted by molar-refractivity contribution is 0.190. The number of methoxy groups -OCH3 is 1. The van der Waals surface area contributed by atoms with E-state index in [-0.39, 0.29) is 12.6 Å². The van der Waals surface area contributed by atoms with Crippen molar-refractivity contribution in [1.29, 1.82) is 0 Å². The summed E-state index contributed by atoms with van der Waals surface area (Å²) in [7, 11) is 1.64. The molecule has 7 nitrogen and oxygen atoms in total. The quantitative estimate of drug-likeness (QED) is 0.249. The van der Waals surface area contributed by atoms with Crippen LogP contribution < -0.4 is 25.3 Å². The second-order valence-corrected chi connectivity index (χ2v) is 9.51. The van der Waals surface area contributed by atoms with Crippen LogP contribution >= 0.6 is 45.2 Å². The summed E-state index contributed by atoms with van der Waals surface area (Å²) in [5.74, 6) is 3.01. The number of nitrogens with one attached hydrogen (secondary N) is 1. The first-order valence-corrected chi connectivity index (χ1v) is 12.2. The monoisotopic (exact) mass is 674 g/mol. The van der Waals surface area contributed by atoms with Crippen molar-refractivity contribution < 1.29 is 24.1 Å². The SMILES string of the molecule is COc1ccc(COc2ccc(Oc3c(I)cc(CC(CN)NC(=O)O)cc3I)cc2)cc1. The smallest absolute Gasteiger partial charge is 0.404 e. The molecule has 1 unspecified atom stereocenters. The molecule has 0 spiro atoms. The maximum Gasteiger partial charge on any atom is 0.404 e. The number of amides is 1. The predicted octanol–water partition coefficient (Wildman–Crippen LogP) is 5.41. The number of hydrogen-bond donors (Lipinski definition) is 3. The second-order valence-electron chi connectivity index (χ2n) is 7.19. The highest BCUT2D eigenvalue weighted by Gasteiger charge is 2.15. The van der Waals surface area contributed by atoms with Crippen molar-refractivity contribution in [1.82, 2.24) is 5.32 Å². The van der Waals surface area contributed by atoms with Crippen LogP contribution in [-0.4, -0.2) is 30.9 Å². The molecular weight excluding hydrogens is 650 g/mol. The lowest BCUT2D eigenvalue weighted by Crippen LogP contribution is -2.40. The fourth-order valence-electron chi connectivity index (χ4n) is 3.09. The molecule has 3 aromatic carbocycles. The van der Waals surface area contributed by atoms with Crippen molar-refractivity contribution >= 4 is 51.3 Å². The molecule has 33 heavy (non-hydrogen) atoms. The maximum absolute atomic E-state index is 10.9. The van der Waals surface area contributed by atoms with E-state index in [4.69, 9.17) is 25.1 Å². The standard InChI is InChI=1S/C24H24I2N2O5/c1-31-18-4-2-15(3-5-18)14-32-19-6-8-20(9-7-19)33-23-21(25)11-16(12-22(23)26)10-17(13-27)28-24(29)30/h2-9,11-12,17,28H,10,13-14,27H2,1H3,(H,29,30). The van der Waals surface area contributed by atoms with Crippen LogP contribution in [0.3, 0.4) is 0 Å². The van der Waals surface area contributed by atoms with Crippen LogP contribution in [0.4, 0.5) is 4.79 Å². The van der Waals surface area contributed by atoms with E-state index in [0.717, 1.165) is 35.5 Å². The highest BCUT2D eigenvalue weighted by atomic mass is 127. The number of benzene rings is 3. The van der Waals surface area contributed by atoms with Gasteiger partial charge in [0.15, 0.2) is 5.75 Å². The Balaban J connectivity index is 1.62. The highest BCUT2D eigenvalue weighted by Crippen LogP contribution is 2.34. The Morgan fingerprint density at radius 1 is 0.970 bits per heavy atom. The zero-order valence-electron chi connectivity index (χ0n) is 17.9. The normalized spacial score (nSPS) is 11.5. The van der Waals surface area contributed by atoms with Gasteiger partial charge in [-0.3, -0.25) is 0 Å². The van der Waals surface area contributed by atoms with E-state index >= 15 is 0 Å². The Hall–Kier alpha value is -2.25. The van der Waals surface area contributed by atoms with E-state index in [1.807, 2.05) is 60.7 Å². The van der Waals surface area contributed by atoms with Gasteiger partial charge in [0, 0.05) is 12.6 Å². The fourth-order valence-corrected chi connectivity index (χ4v) is 5.21. The lowest BCUT2D eigenvalue weighted by Gasteiger charge is -2.17. The number of ether oxygens (including phenoxy) is 3. The molecular formula is C24H24I2N2O5. The molecule has 0 heterocycles. The molecule has 174 valence electrons. The number of carboxylic acid groups (broad SMARTS) is 1. The zero-order chi connectivity index (χ0) is 23.8. The minimum atomic E-state index is -1.08. The maximum atomic E-state index is 10.9. The zero-order valence-corrected chi connectivity index (χ0v) is 22.2. The van der Waals surface area contributed by atoms with Crippen LogP contribution in [0.2, 0.25) is 0 Å². The summed E-state index contributed by atoms with van der Waals surface area (Å²) in [6, 6.07) is 18.8. The average molecular weight is 674 g/mol. The van der Waals surface area contributed by atoms with Crippen LogP contribution in [0, 0.1) is 7.14 Å².